The second-order valence-corrected chi connectivity index (χ2v) is 6.44. The fourth-order valence-corrected chi connectivity index (χ4v) is 2.82. The van der Waals surface area contributed by atoms with Gasteiger partial charge < -0.3 is 10.3 Å². The largest absolute Gasteiger partial charge is 0.364 e. The first-order valence-corrected chi connectivity index (χ1v) is 7.89. The maximum absolute atomic E-state index is 11.7. The van der Waals surface area contributed by atoms with Crippen molar-refractivity contribution in [1.82, 2.24) is 9.55 Å². The van der Waals surface area contributed by atoms with Crippen LogP contribution in [0.5, 0.6) is 0 Å². The Hall–Kier alpha value is -2.43. The lowest BCUT2D eigenvalue weighted by atomic mass is 10.0. The summed E-state index contributed by atoms with van der Waals surface area (Å²) < 4.78 is 1.96. The summed E-state index contributed by atoms with van der Waals surface area (Å²) in [7, 11) is 0. The van der Waals surface area contributed by atoms with E-state index in [1.54, 1.807) is 13.1 Å². The highest BCUT2D eigenvalue weighted by Gasteiger charge is 2.24. The number of Topliss-reactive ketones (excluding diaryl/α,β-unsaturated/α-hetero) is 1. The molecule has 0 atom stereocenters. The summed E-state index contributed by atoms with van der Waals surface area (Å²) in [4.78, 5) is 27.3. The molecule has 1 aliphatic rings. The van der Waals surface area contributed by atoms with Gasteiger partial charge in [0.25, 0.3) is 5.91 Å². The van der Waals surface area contributed by atoms with Gasteiger partial charge in [0.05, 0.1) is 0 Å². The van der Waals surface area contributed by atoms with Gasteiger partial charge in [-0.05, 0) is 55.9 Å². The lowest BCUT2D eigenvalue weighted by molar-refractivity contribution is -0.116. The molecule has 0 aliphatic heterocycles. The van der Waals surface area contributed by atoms with Crippen LogP contribution in [0.15, 0.2) is 24.5 Å². The van der Waals surface area contributed by atoms with E-state index in [1.807, 2.05) is 29.8 Å². The van der Waals surface area contributed by atoms with E-state index in [2.05, 4.69) is 4.98 Å². The van der Waals surface area contributed by atoms with Crippen molar-refractivity contribution < 1.29 is 9.59 Å². The van der Waals surface area contributed by atoms with Gasteiger partial charge in [0.2, 0.25) is 0 Å². The van der Waals surface area contributed by atoms with E-state index in [-0.39, 0.29) is 5.78 Å². The number of hydrogen-bond donors (Lipinski definition) is 1. The van der Waals surface area contributed by atoms with Gasteiger partial charge in [-0.1, -0.05) is 0 Å². The second kappa shape index (κ2) is 5.99. The van der Waals surface area contributed by atoms with Crippen molar-refractivity contribution in [1.29, 1.82) is 0 Å². The van der Waals surface area contributed by atoms with Crippen LogP contribution in [0.2, 0.25) is 0 Å². The molecule has 5 heteroatoms. The van der Waals surface area contributed by atoms with Crippen LogP contribution in [-0.4, -0.2) is 21.2 Å². The number of aromatic nitrogens is 2. The van der Waals surface area contributed by atoms with E-state index in [4.69, 9.17) is 5.73 Å². The number of hydrogen-bond acceptors (Lipinski definition) is 3. The summed E-state index contributed by atoms with van der Waals surface area (Å²) in [6.45, 7) is 4.36. The number of rotatable bonds is 6. The van der Waals surface area contributed by atoms with Crippen LogP contribution in [0.25, 0.3) is 11.1 Å². The normalized spacial score (nSPS) is 14.0. The molecule has 0 spiro atoms. The lowest BCUT2D eigenvalue weighted by Crippen LogP contribution is -2.17. The van der Waals surface area contributed by atoms with Crippen LogP contribution in [0.1, 0.15) is 41.5 Å². The molecular weight excluding hydrogens is 290 g/mol. The van der Waals surface area contributed by atoms with E-state index in [0.29, 0.717) is 18.0 Å². The molecule has 2 N–H and O–H groups in total. The van der Waals surface area contributed by atoms with Crippen molar-refractivity contribution in [3.8, 4) is 11.1 Å². The van der Waals surface area contributed by atoms with E-state index >= 15 is 0 Å². The molecule has 120 valence electrons. The predicted octanol–water partition coefficient (Wildman–Crippen LogP) is 2.50. The minimum Gasteiger partial charge on any atom is -0.364 e. The fourth-order valence-electron chi connectivity index (χ4n) is 2.82. The summed E-state index contributed by atoms with van der Waals surface area (Å²) >= 11 is 0. The Morgan fingerprint density at radius 2 is 2.09 bits per heavy atom. The molecule has 23 heavy (non-hydrogen) atoms. The van der Waals surface area contributed by atoms with Crippen LogP contribution in [0.3, 0.4) is 0 Å². The summed E-state index contributed by atoms with van der Waals surface area (Å²) in [5.74, 6) is 0.323. The number of carbonyl (C=O) groups is 2. The van der Waals surface area contributed by atoms with Gasteiger partial charge in [-0.15, -0.1) is 0 Å². The van der Waals surface area contributed by atoms with Crippen molar-refractivity contribution in [2.75, 3.05) is 0 Å². The Labute approximate surface area is 135 Å². The molecule has 1 saturated carbocycles. The lowest BCUT2D eigenvalue weighted by Gasteiger charge is -2.06. The van der Waals surface area contributed by atoms with Gasteiger partial charge in [0.15, 0.2) is 0 Å². The number of primary amides is 1. The fraction of sp³-hybridized carbons (Fsp3) is 0.389. The number of nitrogens with zero attached hydrogens (tertiary/aromatic N) is 2. The minimum atomic E-state index is -0.410. The third-order valence-electron chi connectivity index (χ3n) is 4.20. The Morgan fingerprint density at radius 3 is 2.70 bits per heavy atom. The molecule has 0 radical (unpaired) electrons. The Kier molecular flexibility index (Phi) is 4.03. The third kappa shape index (κ3) is 3.50. The van der Waals surface area contributed by atoms with Gasteiger partial charge in [0, 0.05) is 36.6 Å². The molecule has 2 aromatic rings. The topological polar surface area (TPSA) is 78.0 Å². The molecule has 3 rings (SSSR count). The Morgan fingerprint density at radius 1 is 1.35 bits per heavy atom. The minimum absolute atomic E-state index is 0.0800. The summed E-state index contributed by atoms with van der Waals surface area (Å²) in [5, 5.41) is 0. The van der Waals surface area contributed by atoms with E-state index < -0.39 is 5.91 Å². The highest BCUT2D eigenvalue weighted by atomic mass is 16.1. The SMILES string of the molecule is CC(=O)Cc1cc(-c2cc(C(N)=O)n(CC3CC3)c2)c(C)cn1. The molecule has 1 aliphatic carbocycles. The van der Waals surface area contributed by atoms with E-state index in [1.165, 1.54) is 12.8 Å². The van der Waals surface area contributed by atoms with Gasteiger partial charge in [-0.25, -0.2) is 0 Å². The molecule has 0 bridgehead atoms. The van der Waals surface area contributed by atoms with E-state index in [0.717, 1.165) is 28.9 Å². The van der Waals surface area contributed by atoms with E-state index in [9.17, 15) is 9.59 Å². The number of nitrogens with two attached hydrogens (primary N) is 1. The highest BCUT2D eigenvalue weighted by molar-refractivity contribution is 5.93. The quantitative estimate of drug-likeness (QED) is 0.890. The average molecular weight is 311 g/mol. The maximum Gasteiger partial charge on any atom is 0.265 e. The first-order valence-electron chi connectivity index (χ1n) is 7.89. The first kappa shape index (κ1) is 15.5. The summed E-state index contributed by atoms with van der Waals surface area (Å²) in [5.41, 5.74) is 9.75. The van der Waals surface area contributed by atoms with Crippen LogP contribution < -0.4 is 5.73 Å². The monoisotopic (exact) mass is 311 g/mol. The molecule has 0 unspecified atom stereocenters. The number of carbonyl (C=O) groups excluding carboxylic acids is 2. The Balaban J connectivity index is 2.00. The standard InChI is InChI=1S/C18H21N3O2/c1-11-8-20-15(5-12(2)22)7-16(11)14-6-17(18(19)23)21(10-14)9-13-3-4-13/h6-8,10,13H,3-5,9H2,1-2H3,(H2,19,23). The number of pyridine rings is 1. The van der Waals surface area contributed by atoms with Crippen molar-refractivity contribution in [3.63, 3.8) is 0 Å². The van der Waals surface area contributed by atoms with Crippen molar-refractivity contribution in [2.24, 2.45) is 11.7 Å². The van der Waals surface area contributed by atoms with Crippen LogP contribution in [0, 0.1) is 12.8 Å². The molecule has 0 saturated heterocycles. The molecule has 1 amide bonds. The highest BCUT2D eigenvalue weighted by Crippen LogP contribution is 2.33. The van der Waals surface area contributed by atoms with Crippen LogP contribution in [-0.2, 0) is 17.8 Å². The van der Waals surface area contributed by atoms with Crippen LogP contribution >= 0.6 is 0 Å². The predicted molar refractivity (Wildman–Crippen MR) is 88.0 cm³/mol. The van der Waals surface area contributed by atoms with Crippen molar-refractivity contribution in [2.45, 2.75) is 39.7 Å². The number of ketones is 1. The van der Waals surface area contributed by atoms with Gasteiger partial charge in [-0.3, -0.25) is 14.6 Å². The Bertz CT molecular complexity index is 773. The molecular formula is C18H21N3O2. The summed E-state index contributed by atoms with van der Waals surface area (Å²) in [6.07, 6.45) is 6.50. The first-order chi connectivity index (χ1) is 10.9. The zero-order chi connectivity index (χ0) is 16.6. The molecule has 0 aromatic carbocycles. The van der Waals surface area contributed by atoms with Gasteiger partial charge in [-0.2, -0.15) is 0 Å². The molecule has 2 heterocycles. The van der Waals surface area contributed by atoms with Gasteiger partial charge in [0.1, 0.15) is 11.5 Å². The van der Waals surface area contributed by atoms with Crippen molar-refractivity contribution >= 4 is 11.7 Å². The molecule has 1 fully saturated rings. The maximum atomic E-state index is 11.7. The van der Waals surface area contributed by atoms with Crippen molar-refractivity contribution in [3.05, 3.63) is 41.5 Å². The molecule has 2 aromatic heterocycles. The number of aryl methyl sites for hydroxylation is 1. The second-order valence-electron chi connectivity index (χ2n) is 6.44. The third-order valence-corrected chi connectivity index (χ3v) is 4.20. The zero-order valence-corrected chi connectivity index (χ0v) is 13.5. The molecule has 5 nitrogen and oxygen atoms in total. The zero-order valence-electron chi connectivity index (χ0n) is 13.5. The number of amides is 1. The summed E-state index contributed by atoms with van der Waals surface area (Å²) in [6, 6.07) is 3.77. The van der Waals surface area contributed by atoms with Crippen LogP contribution in [0.4, 0.5) is 0 Å². The average Bonchev–Trinajstić information content (AvgIpc) is 3.18. The smallest absolute Gasteiger partial charge is 0.265 e. The van der Waals surface area contributed by atoms with Gasteiger partial charge >= 0.3 is 0 Å².